The fourth-order valence-electron chi connectivity index (χ4n) is 2.80. The fraction of sp³-hybridized carbons (Fsp3) is 0.250. The molecule has 0 fully saturated rings. The quantitative estimate of drug-likeness (QED) is 0.716. The molecule has 0 spiro atoms. The molecule has 0 bridgehead atoms. The molecule has 1 aliphatic rings. The summed E-state index contributed by atoms with van der Waals surface area (Å²) in [5.74, 6) is 0. The molecule has 3 rings (SSSR count). The number of benzene rings is 2. The molecule has 0 radical (unpaired) electrons. The molecule has 2 aromatic carbocycles. The van der Waals surface area contributed by atoms with Crippen LogP contribution in [0.15, 0.2) is 48.5 Å². The Labute approximate surface area is 122 Å². The van der Waals surface area contributed by atoms with Gasteiger partial charge < -0.3 is 4.43 Å². The molecule has 1 atom stereocenters. The number of hydrogen-bond donors (Lipinski definition) is 0. The van der Waals surface area contributed by atoms with Gasteiger partial charge in [0.15, 0.2) is 0 Å². The van der Waals surface area contributed by atoms with Crippen molar-refractivity contribution in [3.05, 3.63) is 65.2 Å². The first kappa shape index (κ1) is 14.3. The number of rotatable bonds is 1. The largest absolute Gasteiger partial charge is 0.416 e. The predicted octanol–water partition coefficient (Wildman–Crippen LogP) is 4.24. The van der Waals surface area contributed by atoms with E-state index in [9.17, 15) is 13.2 Å². The van der Waals surface area contributed by atoms with E-state index in [0.717, 1.165) is 16.8 Å². The maximum absolute atomic E-state index is 12.9. The summed E-state index contributed by atoms with van der Waals surface area (Å²) in [4.78, 5) is 0. The Morgan fingerprint density at radius 2 is 1.67 bits per heavy atom. The summed E-state index contributed by atoms with van der Waals surface area (Å²) in [5, 5.41) is 0.948. The summed E-state index contributed by atoms with van der Waals surface area (Å²) in [5.41, 5.74) is 0.946. The SMILES string of the molecule is C[Si]1(C)OC(c2ccccc2)c2cc(C(F)(F)F)ccc21. The van der Waals surface area contributed by atoms with Gasteiger partial charge in [-0.05, 0) is 35.5 Å². The third-order valence-electron chi connectivity index (χ3n) is 3.82. The molecule has 0 aliphatic carbocycles. The Morgan fingerprint density at radius 3 is 2.29 bits per heavy atom. The molecular weight excluding hydrogens is 293 g/mol. The van der Waals surface area contributed by atoms with E-state index in [1.807, 2.05) is 43.4 Å². The van der Waals surface area contributed by atoms with Gasteiger partial charge >= 0.3 is 6.18 Å². The van der Waals surface area contributed by atoms with Crippen molar-refractivity contribution in [2.45, 2.75) is 25.4 Å². The summed E-state index contributed by atoms with van der Waals surface area (Å²) in [6.45, 7) is 4.03. The minimum Gasteiger partial charge on any atom is -0.402 e. The van der Waals surface area contributed by atoms with Crippen LogP contribution in [0.25, 0.3) is 0 Å². The lowest BCUT2D eigenvalue weighted by Crippen LogP contribution is -2.40. The van der Waals surface area contributed by atoms with E-state index in [1.54, 1.807) is 6.07 Å². The van der Waals surface area contributed by atoms with Crippen molar-refractivity contribution in [3.8, 4) is 0 Å². The van der Waals surface area contributed by atoms with Gasteiger partial charge in [-0.1, -0.05) is 42.5 Å². The van der Waals surface area contributed by atoms with Crippen LogP contribution in [0.4, 0.5) is 13.2 Å². The zero-order valence-corrected chi connectivity index (χ0v) is 12.7. The van der Waals surface area contributed by atoms with Crippen LogP contribution in [0.5, 0.6) is 0 Å². The average molecular weight is 308 g/mol. The molecule has 1 nitrogen and oxygen atoms in total. The van der Waals surface area contributed by atoms with Crippen LogP contribution in [0, 0.1) is 0 Å². The molecule has 0 saturated heterocycles. The summed E-state index contributed by atoms with van der Waals surface area (Å²) < 4.78 is 45.0. The van der Waals surface area contributed by atoms with Crippen molar-refractivity contribution in [1.29, 1.82) is 0 Å². The van der Waals surface area contributed by atoms with Gasteiger partial charge in [0, 0.05) is 0 Å². The summed E-state index contributed by atoms with van der Waals surface area (Å²) in [6.07, 6.45) is -4.73. The maximum Gasteiger partial charge on any atom is 0.416 e. The van der Waals surface area contributed by atoms with Crippen molar-refractivity contribution in [2.75, 3.05) is 0 Å². The van der Waals surface area contributed by atoms with Gasteiger partial charge in [-0.15, -0.1) is 0 Å². The van der Waals surface area contributed by atoms with Gasteiger partial charge in [-0.25, -0.2) is 0 Å². The third kappa shape index (κ3) is 2.51. The lowest BCUT2D eigenvalue weighted by atomic mass is 9.99. The van der Waals surface area contributed by atoms with E-state index in [0.29, 0.717) is 5.56 Å². The van der Waals surface area contributed by atoms with E-state index in [-0.39, 0.29) is 0 Å². The predicted molar refractivity (Wildman–Crippen MR) is 77.9 cm³/mol. The Hall–Kier alpha value is -1.59. The normalized spacial score (nSPS) is 20.3. The molecule has 0 amide bonds. The van der Waals surface area contributed by atoms with Crippen LogP contribution in [0.3, 0.4) is 0 Å². The molecule has 0 N–H and O–H groups in total. The first-order valence-electron chi connectivity index (χ1n) is 6.73. The maximum atomic E-state index is 12.9. The lowest BCUT2D eigenvalue weighted by Gasteiger charge is -2.18. The Balaban J connectivity index is 2.14. The second-order valence-corrected chi connectivity index (χ2v) is 9.51. The van der Waals surface area contributed by atoms with E-state index < -0.39 is 26.2 Å². The summed E-state index contributed by atoms with van der Waals surface area (Å²) >= 11 is 0. The summed E-state index contributed by atoms with van der Waals surface area (Å²) in [6, 6.07) is 13.4. The second-order valence-electron chi connectivity index (χ2n) is 5.72. The smallest absolute Gasteiger partial charge is 0.402 e. The number of alkyl halides is 3. The highest BCUT2D eigenvalue weighted by Gasteiger charge is 2.42. The van der Waals surface area contributed by atoms with Gasteiger partial charge in [-0.2, -0.15) is 13.2 Å². The monoisotopic (exact) mass is 308 g/mol. The zero-order chi connectivity index (χ0) is 15.3. The molecule has 1 aliphatic heterocycles. The summed E-state index contributed by atoms with van der Waals surface area (Å²) in [7, 11) is -2.16. The average Bonchev–Trinajstić information content (AvgIpc) is 2.70. The van der Waals surface area contributed by atoms with E-state index in [1.165, 1.54) is 6.07 Å². The fourth-order valence-corrected chi connectivity index (χ4v) is 5.16. The highest BCUT2D eigenvalue weighted by atomic mass is 28.4. The van der Waals surface area contributed by atoms with Gasteiger partial charge in [0.2, 0.25) is 8.32 Å². The van der Waals surface area contributed by atoms with Crippen molar-refractivity contribution >= 4 is 13.5 Å². The molecule has 21 heavy (non-hydrogen) atoms. The van der Waals surface area contributed by atoms with Crippen molar-refractivity contribution in [2.24, 2.45) is 0 Å². The van der Waals surface area contributed by atoms with Gasteiger partial charge in [-0.3, -0.25) is 0 Å². The standard InChI is InChI=1S/C16H15F3OSi/c1-21(2)14-9-8-12(16(17,18)19)10-13(14)15(20-21)11-6-4-3-5-7-11/h3-10,15H,1-2H3. The van der Waals surface area contributed by atoms with Crippen LogP contribution in [-0.2, 0) is 10.6 Å². The molecule has 1 heterocycles. The molecule has 0 aromatic heterocycles. The first-order valence-corrected chi connectivity index (χ1v) is 9.64. The van der Waals surface area contributed by atoms with Crippen LogP contribution >= 0.6 is 0 Å². The van der Waals surface area contributed by atoms with Gasteiger partial charge in [0.05, 0.1) is 11.7 Å². The number of halogens is 3. The van der Waals surface area contributed by atoms with Crippen LogP contribution in [0.2, 0.25) is 13.1 Å². The molecular formula is C16H15F3OSi. The van der Waals surface area contributed by atoms with E-state index >= 15 is 0 Å². The molecule has 0 saturated carbocycles. The van der Waals surface area contributed by atoms with Crippen molar-refractivity contribution in [1.82, 2.24) is 0 Å². The molecule has 110 valence electrons. The zero-order valence-electron chi connectivity index (χ0n) is 11.7. The van der Waals surface area contributed by atoms with E-state index in [2.05, 4.69) is 0 Å². The topological polar surface area (TPSA) is 9.23 Å². The highest BCUT2D eigenvalue weighted by Crippen LogP contribution is 2.38. The van der Waals surface area contributed by atoms with E-state index in [4.69, 9.17) is 4.43 Å². The lowest BCUT2D eigenvalue weighted by molar-refractivity contribution is -0.137. The Morgan fingerprint density at radius 1 is 1.00 bits per heavy atom. The van der Waals surface area contributed by atoms with Crippen LogP contribution in [-0.4, -0.2) is 8.32 Å². The molecule has 2 aromatic rings. The second kappa shape index (κ2) is 4.71. The molecule has 5 heteroatoms. The third-order valence-corrected chi connectivity index (χ3v) is 6.40. The number of hydrogen-bond acceptors (Lipinski definition) is 1. The van der Waals surface area contributed by atoms with Gasteiger partial charge in [0.25, 0.3) is 0 Å². The van der Waals surface area contributed by atoms with Crippen LogP contribution in [0.1, 0.15) is 22.8 Å². The highest BCUT2D eigenvalue weighted by molar-refractivity contribution is 6.85. The van der Waals surface area contributed by atoms with Crippen molar-refractivity contribution in [3.63, 3.8) is 0 Å². The Kier molecular flexibility index (Phi) is 3.22. The Bertz CT molecular complexity index is 665. The van der Waals surface area contributed by atoms with Crippen molar-refractivity contribution < 1.29 is 17.6 Å². The van der Waals surface area contributed by atoms with Crippen LogP contribution < -0.4 is 5.19 Å². The minimum absolute atomic E-state index is 0.398. The minimum atomic E-state index is -4.33. The first-order chi connectivity index (χ1) is 9.79. The van der Waals surface area contributed by atoms with Gasteiger partial charge in [0.1, 0.15) is 0 Å². The molecule has 1 unspecified atom stereocenters. The number of fused-ring (bicyclic) bond motifs is 1.